The highest BCUT2D eigenvalue weighted by molar-refractivity contribution is 7.99. The summed E-state index contributed by atoms with van der Waals surface area (Å²) in [6, 6.07) is 10.8. The van der Waals surface area contributed by atoms with Crippen molar-refractivity contribution in [2.24, 2.45) is 0 Å². The fraction of sp³-hybridized carbons (Fsp3) is 0.458. The maximum Gasteiger partial charge on any atom is 0.230 e. The van der Waals surface area contributed by atoms with Crippen molar-refractivity contribution in [2.45, 2.75) is 70.1 Å². The lowest BCUT2D eigenvalue weighted by molar-refractivity contribution is -0.119. The van der Waals surface area contributed by atoms with Gasteiger partial charge in [0.15, 0.2) is 11.0 Å². The molecule has 3 aromatic rings. The molecule has 0 bridgehead atoms. The molecule has 1 aliphatic rings. The zero-order valence-corrected chi connectivity index (χ0v) is 19.9. The van der Waals surface area contributed by atoms with E-state index >= 15 is 0 Å². The molecule has 2 heterocycles. The first-order valence-corrected chi connectivity index (χ1v) is 13.0. The Morgan fingerprint density at radius 2 is 1.90 bits per heavy atom. The predicted molar refractivity (Wildman–Crippen MR) is 130 cm³/mol. The number of carbonyl (C=O) groups is 1. The molecule has 164 valence electrons. The van der Waals surface area contributed by atoms with Gasteiger partial charge < -0.3 is 9.88 Å². The highest BCUT2D eigenvalue weighted by atomic mass is 32.2. The lowest BCUT2D eigenvalue weighted by Crippen LogP contribution is -2.35. The van der Waals surface area contributed by atoms with Gasteiger partial charge in [-0.25, -0.2) is 0 Å². The molecule has 0 atom stereocenters. The van der Waals surface area contributed by atoms with Crippen molar-refractivity contribution in [2.75, 3.05) is 5.75 Å². The van der Waals surface area contributed by atoms with Crippen molar-refractivity contribution in [1.29, 1.82) is 0 Å². The van der Waals surface area contributed by atoms with E-state index in [1.54, 1.807) is 11.3 Å². The van der Waals surface area contributed by atoms with Crippen LogP contribution in [-0.2, 0) is 11.3 Å². The Kier molecular flexibility index (Phi) is 7.45. The highest BCUT2D eigenvalue weighted by Gasteiger charge is 2.21. The van der Waals surface area contributed by atoms with Crippen LogP contribution in [0.4, 0.5) is 0 Å². The molecule has 0 radical (unpaired) electrons. The van der Waals surface area contributed by atoms with Gasteiger partial charge in [0.05, 0.1) is 5.75 Å². The Morgan fingerprint density at radius 3 is 2.61 bits per heavy atom. The summed E-state index contributed by atoms with van der Waals surface area (Å²) in [4.78, 5) is 13.8. The maximum absolute atomic E-state index is 12.5. The summed E-state index contributed by atoms with van der Waals surface area (Å²) in [7, 11) is 0. The lowest BCUT2D eigenvalue weighted by Gasteiger charge is -2.16. The molecule has 1 fully saturated rings. The summed E-state index contributed by atoms with van der Waals surface area (Å²) in [5.74, 6) is 1.35. The van der Waals surface area contributed by atoms with Gasteiger partial charge in [-0.3, -0.25) is 4.79 Å². The third kappa shape index (κ3) is 5.21. The van der Waals surface area contributed by atoms with E-state index in [2.05, 4.69) is 63.6 Å². The summed E-state index contributed by atoms with van der Waals surface area (Å²) in [5.41, 5.74) is 3.52. The van der Waals surface area contributed by atoms with Crippen LogP contribution in [0, 0.1) is 6.92 Å². The molecular formula is C24H30N4OS2. The number of nitrogens with one attached hydrogen (secondary N) is 1. The predicted octanol–water partition coefficient (Wildman–Crippen LogP) is 5.93. The first kappa shape index (κ1) is 22.1. The Hall–Kier alpha value is -2.12. The largest absolute Gasteiger partial charge is 0.353 e. The van der Waals surface area contributed by atoms with Gasteiger partial charge in [0.25, 0.3) is 0 Å². The van der Waals surface area contributed by atoms with Crippen molar-refractivity contribution in [3.63, 3.8) is 0 Å². The molecule has 0 unspecified atom stereocenters. The van der Waals surface area contributed by atoms with Crippen LogP contribution in [0.15, 0.2) is 40.9 Å². The molecule has 0 aliphatic heterocycles. The van der Waals surface area contributed by atoms with E-state index in [1.165, 1.54) is 53.4 Å². The number of hydrogen-bond donors (Lipinski definition) is 1. The molecule has 2 aromatic heterocycles. The molecule has 1 aromatic carbocycles. The molecule has 0 spiro atoms. The number of amides is 1. The van der Waals surface area contributed by atoms with Crippen molar-refractivity contribution < 1.29 is 4.79 Å². The van der Waals surface area contributed by atoms with Gasteiger partial charge in [-0.1, -0.05) is 67.8 Å². The van der Waals surface area contributed by atoms with Crippen LogP contribution in [-0.4, -0.2) is 32.5 Å². The van der Waals surface area contributed by atoms with E-state index < -0.39 is 0 Å². The zero-order chi connectivity index (χ0) is 21.6. The van der Waals surface area contributed by atoms with E-state index in [-0.39, 0.29) is 5.91 Å². The highest BCUT2D eigenvalue weighted by Crippen LogP contribution is 2.39. The Labute approximate surface area is 192 Å². The van der Waals surface area contributed by atoms with Crippen molar-refractivity contribution in [1.82, 2.24) is 20.1 Å². The maximum atomic E-state index is 12.5. The topological polar surface area (TPSA) is 59.8 Å². The van der Waals surface area contributed by atoms with E-state index in [1.807, 2.05) is 6.07 Å². The van der Waals surface area contributed by atoms with E-state index in [0.29, 0.717) is 11.8 Å². The van der Waals surface area contributed by atoms with Gasteiger partial charge >= 0.3 is 0 Å². The van der Waals surface area contributed by atoms with Gasteiger partial charge in [-0.15, -0.1) is 21.5 Å². The quantitative estimate of drug-likeness (QED) is 0.355. The Bertz CT molecular complexity index is 1000. The molecule has 31 heavy (non-hydrogen) atoms. The number of carbonyl (C=O) groups excluding carboxylic acids is 1. The second-order valence-corrected chi connectivity index (χ2v) is 10.1. The van der Waals surface area contributed by atoms with E-state index in [4.69, 9.17) is 0 Å². The first-order valence-electron chi connectivity index (χ1n) is 11.2. The second kappa shape index (κ2) is 10.5. The molecule has 5 nitrogen and oxygen atoms in total. The minimum Gasteiger partial charge on any atom is -0.353 e. The average molecular weight is 455 g/mol. The number of rotatable bonds is 7. The fourth-order valence-electron chi connectivity index (χ4n) is 4.29. The summed E-state index contributed by atoms with van der Waals surface area (Å²) < 4.78 is 2.12. The van der Waals surface area contributed by atoms with Crippen LogP contribution in [0.5, 0.6) is 0 Å². The molecule has 4 rings (SSSR count). The van der Waals surface area contributed by atoms with Crippen LogP contribution in [0.25, 0.3) is 22.5 Å². The smallest absolute Gasteiger partial charge is 0.230 e. The monoisotopic (exact) mass is 454 g/mol. The standard InChI is InChI=1S/C24H30N4OS2/c1-3-28-23(20-15-30-17(2)22(20)18-11-7-6-8-12-18)26-27-24(28)31-16-21(29)25-19-13-9-4-5-10-14-19/h6-8,11-12,15,19H,3-5,9-10,13-14,16H2,1-2H3,(H,25,29). The number of thiophene rings is 1. The van der Waals surface area contributed by atoms with Gasteiger partial charge in [0, 0.05) is 34.0 Å². The van der Waals surface area contributed by atoms with E-state index in [9.17, 15) is 4.79 Å². The molecule has 1 aliphatic carbocycles. The van der Waals surface area contributed by atoms with Crippen LogP contribution in [0.3, 0.4) is 0 Å². The Balaban J connectivity index is 1.49. The summed E-state index contributed by atoms with van der Waals surface area (Å²) in [6.07, 6.45) is 7.22. The molecule has 1 N–H and O–H groups in total. The molecular weight excluding hydrogens is 424 g/mol. The van der Waals surface area contributed by atoms with Gasteiger partial charge in [-0.05, 0) is 32.3 Å². The SMILES string of the molecule is CCn1c(SCC(=O)NC2CCCCCC2)nnc1-c1csc(C)c1-c1ccccc1. The van der Waals surface area contributed by atoms with E-state index in [0.717, 1.165) is 35.9 Å². The fourth-order valence-corrected chi connectivity index (χ4v) is 5.96. The second-order valence-electron chi connectivity index (χ2n) is 8.04. The van der Waals surface area contributed by atoms with Crippen molar-refractivity contribution >= 4 is 29.0 Å². The molecule has 1 amide bonds. The number of thioether (sulfide) groups is 1. The van der Waals surface area contributed by atoms with Crippen molar-refractivity contribution in [3.05, 3.63) is 40.6 Å². The van der Waals surface area contributed by atoms with Gasteiger partial charge in [0.1, 0.15) is 0 Å². The number of benzene rings is 1. The summed E-state index contributed by atoms with van der Waals surface area (Å²) >= 11 is 3.21. The zero-order valence-electron chi connectivity index (χ0n) is 18.3. The minimum atomic E-state index is 0.0976. The first-order chi connectivity index (χ1) is 15.2. The lowest BCUT2D eigenvalue weighted by atomic mass is 10.0. The number of aromatic nitrogens is 3. The third-order valence-corrected chi connectivity index (χ3v) is 7.74. The molecule has 0 saturated heterocycles. The van der Waals surface area contributed by atoms with Crippen molar-refractivity contribution in [3.8, 4) is 22.5 Å². The van der Waals surface area contributed by atoms with Crippen LogP contribution in [0.1, 0.15) is 50.3 Å². The van der Waals surface area contributed by atoms with Crippen LogP contribution < -0.4 is 5.32 Å². The Morgan fingerprint density at radius 1 is 1.16 bits per heavy atom. The normalized spacial score (nSPS) is 15.0. The van der Waals surface area contributed by atoms with Gasteiger partial charge in [-0.2, -0.15) is 0 Å². The summed E-state index contributed by atoms with van der Waals surface area (Å²) in [5, 5.41) is 15.2. The number of hydrogen-bond acceptors (Lipinski definition) is 5. The van der Waals surface area contributed by atoms with Crippen LogP contribution in [0.2, 0.25) is 0 Å². The third-order valence-electron chi connectivity index (χ3n) is 5.86. The average Bonchev–Trinajstić information content (AvgIpc) is 3.27. The molecule has 1 saturated carbocycles. The minimum absolute atomic E-state index is 0.0976. The van der Waals surface area contributed by atoms with Gasteiger partial charge in [0.2, 0.25) is 5.91 Å². The molecule has 7 heteroatoms. The summed E-state index contributed by atoms with van der Waals surface area (Å²) in [6.45, 7) is 5.01. The van der Waals surface area contributed by atoms with Crippen LogP contribution >= 0.6 is 23.1 Å². The number of nitrogens with zero attached hydrogens (tertiary/aromatic N) is 3. The number of aryl methyl sites for hydroxylation is 1.